The van der Waals surface area contributed by atoms with Crippen LogP contribution in [0.4, 0.5) is 8.78 Å². The van der Waals surface area contributed by atoms with Gasteiger partial charge in [-0.1, -0.05) is 18.2 Å². The summed E-state index contributed by atoms with van der Waals surface area (Å²) in [5.74, 6) is 0. The summed E-state index contributed by atoms with van der Waals surface area (Å²) in [6.07, 6.45) is -4.31. The summed E-state index contributed by atoms with van der Waals surface area (Å²) >= 11 is 0. The van der Waals surface area contributed by atoms with E-state index in [-0.39, 0.29) is 5.56 Å². The highest BCUT2D eigenvalue weighted by Crippen LogP contribution is 2.24. The van der Waals surface area contributed by atoms with E-state index in [0.717, 1.165) is 0 Å². The van der Waals surface area contributed by atoms with Crippen LogP contribution in [0.3, 0.4) is 0 Å². The molecule has 5 heteroatoms. The van der Waals surface area contributed by atoms with Crippen LogP contribution >= 0.6 is 0 Å². The van der Waals surface area contributed by atoms with Crippen LogP contribution in [0.1, 0.15) is 30.1 Å². The third-order valence-electron chi connectivity index (χ3n) is 2.56. The Hall–Kier alpha value is -1.04. The van der Waals surface area contributed by atoms with E-state index >= 15 is 0 Å². The lowest BCUT2D eigenvalue weighted by molar-refractivity contribution is 0.0138. The summed E-state index contributed by atoms with van der Waals surface area (Å²) < 4.78 is 24.9. The highest BCUT2D eigenvalue weighted by atomic mass is 19.3. The van der Waals surface area contributed by atoms with Crippen LogP contribution in [0.25, 0.3) is 0 Å². The monoisotopic (exact) mass is 245 g/mol. The van der Waals surface area contributed by atoms with E-state index < -0.39 is 18.6 Å². The molecule has 0 saturated carbocycles. The van der Waals surface area contributed by atoms with Crippen LogP contribution in [0.5, 0.6) is 0 Å². The Bertz CT molecular complexity index is 347. The van der Waals surface area contributed by atoms with Gasteiger partial charge in [0.2, 0.25) is 0 Å². The highest BCUT2D eigenvalue weighted by molar-refractivity contribution is 5.26. The van der Waals surface area contributed by atoms with Crippen molar-refractivity contribution in [3.63, 3.8) is 0 Å². The van der Waals surface area contributed by atoms with E-state index in [1.807, 2.05) is 0 Å². The molecule has 0 bridgehead atoms. The molecule has 1 aromatic rings. The number of aliphatic hydroxyl groups excluding tert-OH is 2. The van der Waals surface area contributed by atoms with Crippen LogP contribution in [0.15, 0.2) is 24.3 Å². The third-order valence-corrected chi connectivity index (χ3v) is 2.56. The second kappa shape index (κ2) is 6.64. The van der Waals surface area contributed by atoms with Gasteiger partial charge >= 0.3 is 0 Å². The number of hydrogen-bond donors (Lipinski definition) is 3. The summed E-state index contributed by atoms with van der Waals surface area (Å²) in [7, 11) is 1.73. The summed E-state index contributed by atoms with van der Waals surface area (Å²) in [6.45, 7) is 0.548. The molecule has 0 aliphatic heterocycles. The normalized spacial score (nSPS) is 14.9. The summed E-state index contributed by atoms with van der Waals surface area (Å²) in [5, 5.41) is 22.3. The summed E-state index contributed by atoms with van der Waals surface area (Å²) in [5.41, 5.74) is 0.161. The largest absolute Gasteiger partial charge is 0.390 e. The molecule has 0 radical (unpaired) electrons. The molecule has 1 rings (SSSR count). The maximum atomic E-state index is 12.5. The van der Waals surface area contributed by atoms with E-state index in [4.69, 9.17) is 0 Å². The van der Waals surface area contributed by atoms with Crippen molar-refractivity contribution in [2.45, 2.75) is 25.1 Å². The Morgan fingerprint density at radius 2 is 1.88 bits per heavy atom. The average Bonchev–Trinajstić information content (AvgIpc) is 2.35. The van der Waals surface area contributed by atoms with Gasteiger partial charge in [0.15, 0.2) is 0 Å². The SMILES string of the molecule is CNCCC(O)C(O)c1cccc(C(F)F)c1. The molecule has 0 heterocycles. The predicted molar refractivity (Wildman–Crippen MR) is 60.9 cm³/mol. The summed E-state index contributed by atoms with van der Waals surface area (Å²) in [4.78, 5) is 0. The molecule has 0 fully saturated rings. The van der Waals surface area contributed by atoms with Gasteiger partial charge < -0.3 is 15.5 Å². The van der Waals surface area contributed by atoms with Gasteiger partial charge in [-0.15, -0.1) is 0 Å². The lowest BCUT2D eigenvalue weighted by Gasteiger charge is -2.18. The zero-order valence-corrected chi connectivity index (χ0v) is 9.61. The molecular weight excluding hydrogens is 228 g/mol. The fraction of sp³-hybridized carbons (Fsp3) is 0.500. The molecule has 2 atom stereocenters. The number of hydrogen-bond acceptors (Lipinski definition) is 3. The van der Waals surface area contributed by atoms with E-state index in [9.17, 15) is 19.0 Å². The van der Waals surface area contributed by atoms with Crippen molar-refractivity contribution in [1.82, 2.24) is 5.32 Å². The lowest BCUT2D eigenvalue weighted by atomic mass is 10.0. The zero-order chi connectivity index (χ0) is 12.8. The second-order valence-electron chi connectivity index (χ2n) is 3.88. The van der Waals surface area contributed by atoms with Crippen molar-refractivity contribution in [2.75, 3.05) is 13.6 Å². The molecule has 96 valence electrons. The first-order chi connectivity index (χ1) is 8.06. The average molecular weight is 245 g/mol. The number of rotatable bonds is 6. The minimum absolute atomic E-state index is 0.151. The maximum Gasteiger partial charge on any atom is 0.263 e. The first-order valence-corrected chi connectivity index (χ1v) is 5.45. The molecule has 0 aromatic heterocycles. The van der Waals surface area contributed by atoms with Gasteiger partial charge in [0.25, 0.3) is 6.43 Å². The van der Waals surface area contributed by atoms with E-state index in [1.54, 1.807) is 7.05 Å². The summed E-state index contributed by atoms with van der Waals surface area (Å²) in [6, 6.07) is 5.49. The number of aliphatic hydroxyl groups is 2. The van der Waals surface area contributed by atoms with E-state index in [1.165, 1.54) is 24.3 Å². The smallest absolute Gasteiger partial charge is 0.263 e. The second-order valence-corrected chi connectivity index (χ2v) is 3.88. The van der Waals surface area contributed by atoms with E-state index in [0.29, 0.717) is 18.5 Å². The highest BCUT2D eigenvalue weighted by Gasteiger charge is 2.19. The molecular formula is C12H17F2NO2. The van der Waals surface area contributed by atoms with Gasteiger partial charge in [0.05, 0.1) is 6.10 Å². The van der Waals surface area contributed by atoms with Crippen LogP contribution in [-0.2, 0) is 0 Å². The van der Waals surface area contributed by atoms with Crippen molar-refractivity contribution in [3.05, 3.63) is 35.4 Å². The first-order valence-electron chi connectivity index (χ1n) is 5.45. The molecule has 3 nitrogen and oxygen atoms in total. The van der Waals surface area contributed by atoms with Crippen molar-refractivity contribution in [1.29, 1.82) is 0 Å². The molecule has 3 N–H and O–H groups in total. The van der Waals surface area contributed by atoms with Gasteiger partial charge in [0.1, 0.15) is 6.10 Å². The van der Waals surface area contributed by atoms with E-state index in [2.05, 4.69) is 5.32 Å². The van der Waals surface area contributed by atoms with Crippen molar-refractivity contribution in [2.24, 2.45) is 0 Å². The fourth-order valence-electron chi connectivity index (χ4n) is 1.55. The van der Waals surface area contributed by atoms with Gasteiger partial charge in [-0.25, -0.2) is 8.78 Å². The Morgan fingerprint density at radius 1 is 1.24 bits per heavy atom. The quantitative estimate of drug-likeness (QED) is 0.714. The van der Waals surface area contributed by atoms with Crippen molar-refractivity contribution >= 4 is 0 Å². The Kier molecular flexibility index (Phi) is 5.47. The van der Waals surface area contributed by atoms with Crippen molar-refractivity contribution in [3.8, 4) is 0 Å². The molecule has 0 saturated heterocycles. The standard InChI is InChI=1S/C12H17F2NO2/c1-15-6-5-10(16)11(17)8-3-2-4-9(7-8)12(13)14/h2-4,7,10-12,15-17H,5-6H2,1H3. The Labute approximate surface area is 99.1 Å². The molecule has 0 spiro atoms. The van der Waals surface area contributed by atoms with Crippen molar-refractivity contribution < 1.29 is 19.0 Å². The number of alkyl halides is 2. The number of nitrogens with one attached hydrogen (secondary N) is 1. The van der Waals surface area contributed by atoms with Gasteiger partial charge in [-0.05, 0) is 31.6 Å². The minimum Gasteiger partial charge on any atom is -0.390 e. The Balaban J connectivity index is 2.74. The maximum absolute atomic E-state index is 12.5. The minimum atomic E-state index is -2.57. The van der Waals surface area contributed by atoms with Gasteiger partial charge in [-0.2, -0.15) is 0 Å². The molecule has 1 aromatic carbocycles. The first kappa shape index (κ1) is 14.0. The lowest BCUT2D eigenvalue weighted by Crippen LogP contribution is -2.23. The van der Waals surface area contributed by atoms with Crippen LogP contribution in [0.2, 0.25) is 0 Å². The molecule has 17 heavy (non-hydrogen) atoms. The number of benzene rings is 1. The third kappa shape index (κ3) is 4.03. The van der Waals surface area contributed by atoms with Crippen LogP contribution in [0, 0.1) is 0 Å². The predicted octanol–water partition coefficient (Wildman–Crippen LogP) is 1.63. The Morgan fingerprint density at radius 3 is 2.47 bits per heavy atom. The van der Waals surface area contributed by atoms with Crippen LogP contribution < -0.4 is 5.32 Å². The molecule has 0 aliphatic carbocycles. The zero-order valence-electron chi connectivity index (χ0n) is 9.61. The van der Waals surface area contributed by atoms with Gasteiger partial charge in [0, 0.05) is 5.56 Å². The molecule has 0 amide bonds. The molecule has 2 unspecified atom stereocenters. The molecule has 0 aliphatic rings. The van der Waals surface area contributed by atoms with Crippen LogP contribution in [-0.4, -0.2) is 29.9 Å². The topological polar surface area (TPSA) is 52.5 Å². The van der Waals surface area contributed by atoms with Gasteiger partial charge in [-0.3, -0.25) is 0 Å². The fourth-order valence-corrected chi connectivity index (χ4v) is 1.55. The number of halogens is 2.